The zero-order chi connectivity index (χ0) is 17.8. The third-order valence-corrected chi connectivity index (χ3v) is 3.78. The van der Waals surface area contributed by atoms with Gasteiger partial charge in [0, 0.05) is 29.6 Å². The molecule has 0 aliphatic heterocycles. The number of para-hydroxylation sites is 1. The summed E-state index contributed by atoms with van der Waals surface area (Å²) in [6.45, 7) is 1.68. The highest BCUT2D eigenvalue weighted by molar-refractivity contribution is 6.09. The predicted octanol–water partition coefficient (Wildman–Crippen LogP) is 3.99. The van der Waals surface area contributed by atoms with Crippen molar-refractivity contribution in [2.24, 2.45) is 0 Å². The summed E-state index contributed by atoms with van der Waals surface area (Å²) in [4.78, 5) is 23.1. The third-order valence-electron chi connectivity index (χ3n) is 3.78. The number of nitro groups is 1. The second-order valence-corrected chi connectivity index (χ2v) is 5.47. The van der Waals surface area contributed by atoms with Gasteiger partial charge in [-0.15, -0.1) is 0 Å². The summed E-state index contributed by atoms with van der Waals surface area (Å²) in [5, 5.41) is 15.2. The van der Waals surface area contributed by atoms with Gasteiger partial charge in [0.2, 0.25) is 0 Å². The molecule has 0 bridgehead atoms. The fraction of sp³-hybridized carbons (Fsp3) is 0.0526. The van der Waals surface area contributed by atoms with Gasteiger partial charge in [-0.1, -0.05) is 30.3 Å². The first-order valence-corrected chi connectivity index (χ1v) is 7.63. The molecular formula is C19H15N3O3. The molecule has 0 amide bonds. The molecule has 6 heteroatoms. The van der Waals surface area contributed by atoms with E-state index >= 15 is 0 Å². The minimum atomic E-state index is -0.429. The molecule has 0 radical (unpaired) electrons. The summed E-state index contributed by atoms with van der Waals surface area (Å²) in [6.07, 6.45) is 6.40. The zero-order valence-electron chi connectivity index (χ0n) is 13.5. The Labute approximate surface area is 144 Å². The quantitative estimate of drug-likeness (QED) is 0.306. The van der Waals surface area contributed by atoms with E-state index in [1.165, 1.54) is 12.1 Å². The molecule has 0 aliphatic carbocycles. The smallest absolute Gasteiger partial charge is 0.272 e. The number of benzene rings is 2. The van der Waals surface area contributed by atoms with Gasteiger partial charge < -0.3 is 0 Å². The van der Waals surface area contributed by atoms with Gasteiger partial charge in [0.1, 0.15) is 0 Å². The van der Waals surface area contributed by atoms with Crippen molar-refractivity contribution in [1.29, 1.82) is 0 Å². The van der Waals surface area contributed by atoms with Gasteiger partial charge in [-0.25, -0.2) is 4.68 Å². The molecule has 1 heterocycles. The molecule has 0 unspecified atom stereocenters. The number of carbonyl (C=O) groups is 1. The molecule has 1 aromatic heterocycles. The lowest BCUT2D eigenvalue weighted by molar-refractivity contribution is -0.385. The molecule has 6 nitrogen and oxygen atoms in total. The number of aromatic nitrogens is 2. The molecule has 0 saturated heterocycles. The second-order valence-electron chi connectivity index (χ2n) is 5.47. The first-order valence-electron chi connectivity index (χ1n) is 7.63. The minimum Gasteiger partial charge on any atom is -0.289 e. The van der Waals surface area contributed by atoms with Gasteiger partial charge in [-0.3, -0.25) is 14.9 Å². The summed E-state index contributed by atoms with van der Waals surface area (Å²) >= 11 is 0. The van der Waals surface area contributed by atoms with Gasteiger partial charge in [0.15, 0.2) is 5.78 Å². The van der Waals surface area contributed by atoms with Crippen LogP contribution in [0.25, 0.3) is 11.8 Å². The lowest BCUT2D eigenvalue weighted by Crippen LogP contribution is -2.04. The van der Waals surface area contributed by atoms with Crippen LogP contribution in [0.5, 0.6) is 0 Å². The van der Waals surface area contributed by atoms with E-state index in [2.05, 4.69) is 5.10 Å². The highest BCUT2D eigenvalue weighted by atomic mass is 16.6. The number of nitrogens with zero attached hydrogens (tertiary/aromatic N) is 3. The first kappa shape index (κ1) is 16.3. The number of hydrogen-bond donors (Lipinski definition) is 0. The Morgan fingerprint density at radius 1 is 1.20 bits per heavy atom. The summed E-state index contributed by atoms with van der Waals surface area (Å²) in [6, 6.07) is 13.8. The molecule has 0 N–H and O–H groups in total. The lowest BCUT2D eigenvalue weighted by Gasteiger charge is -2.06. The van der Waals surface area contributed by atoms with Crippen molar-refractivity contribution in [3.63, 3.8) is 0 Å². The number of hydrogen-bond acceptors (Lipinski definition) is 4. The van der Waals surface area contributed by atoms with Crippen molar-refractivity contribution < 1.29 is 9.72 Å². The molecule has 0 aliphatic rings. The SMILES string of the molecule is Cc1ccc(C=CC(=O)c2ccccc2-n2cccn2)cc1[N+](=O)[O-]. The van der Waals surface area contributed by atoms with Crippen LogP contribution in [0.1, 0.15) is 21.5 Å². The molecule has 0 spiro atoms. The lowest BCUT2D eigenvalue weighted by atomic mass is 10.1. The Morgan fingerprint density at radius 2 is 2.00 bits per heavy atom. The van der Waals surface area contributed by atoms with E-state index in [-0.39, 0.29) is 11.5 Å². The van der Waals surface area contributed by atoms with Crippen LogP contribution in [-0.2, 0) is 0 Å². The maximum absolute atomic E-state index is 12.6. The normalized spacial score (nSPS) is 10.9. The number of rotatable bonds is 5. The number of carbonyl (C=O) groups excluding carboxylic acids is 1. The maximum atomic E-state index is 12.6. The second kappa shape index (κ2) is 6.92. The summed E-state index contributed by atoms with van der Waals surface area (Å²) in [5.74, 6) is -0.200. The molecule has 0 saturated carbocycles. The Balaban J connectivity index is 1.90. The maximum Gasteiger partial charge on any atom is 0.272 e. The van der Waals surface area contributed by atoms with Crippen LogP contribution in [-0.4, -0.2) is 20.5 Å². The van der Waals surface area contributed by atoms with Crippen molar-refractivity contribution in [3.05, 3.63) is 93.8 Å². The van der Waals surface area contributed by atoms with Crippen molar-refractivity contribution in [1.82, 2.24) is 9.78 Å². The molecule has 25 heavy (non-hydrogen) atoms. The highest BCUT2D eigenvalue weighted by Gasteiger charge is 2.12. The number of aryl methyl sites for hydroxylation is 1. The van der Waals surface area contributed by atoms with Crippen molar-refractivity contribution in [2.45, 2.75) is 6.92 Å². The van der Waals surface area contributed by atoms with Crippen LogP contribution in [0.4, 0.5) is 5.69 Å². The van der Waals surface area contributed by atoms with Crippen molar-refractivity contribution in [3.8, 4) is 5.69 Å². The largest absolute Gasteiger partial charge is 0.289 e. The third kappa shape index (κ3) is 3.53. The van der Waals surface area contributed by atoms with E-state index < -0.39 is 4.92 Å². The molecular weight excluding hydrogens is 318 g/mol. The Morgan fingerprint density at radius 3 is 2.72 bits per heavy atom. The van der Waals surface area contributed by atoms with E-state index in [9.17, 15) is 14.9 Å². The van der Waals surface area contributed by atoms with Crippen LogP contribution in [0.3, 0.4) is 0 Å². The summed E-state index contributed by atoms with van der Waals surface area (Å²) in [7, 11) is 0. The van der Waals surface area contributed by atoms with Gasteiger partial charge in [0.25, 0.3) is 5.69 Å². The molecule has 0 atom stereocenters. The van der Waals surface area contributed by atoms with Crippen LogP contribution < -0.4 is 0 Å². The van der Waals surface area contributed by atoms with Crippen molar-refractivity contribution >= 4 is 17.5 Å². The Hall–Kier alpha value is -3.54. The van der Waals surface area contributed by atoms with Gasteiger partial charge in [-0.2, -0.15) is 5.10 Å². The molecule has 0 fully saturated rings. The van der Waals surface area contributed by atoms with E-state index in [0.29, 0.717) is 22.4 Å². The monoisotopic (exact) mass is 333 g/mol. The average molecular weight is 333 g/mol. The van der Waals surface area contributed by atoms with E-state index in [1.54, 1.807) is 60.4 Å². The fourth-order valence-electron chi connectivity index (χ4n) is 2.48. The number of nitro benzene ring substituents is 1. The highest BCUT2D eigenvalue weighted by Crippen LogP contribution is 2.21. The van der Waals surface area contributed by atoms with Gasteiger partial charge in [0.05, 0.1) is 10.6 Å². The Kier molecular flexibility index (Phi) is 4.52. The topological polar surface area (TPSA) is 78.0 Å². The zero-order valence-corrected chi connectivity index (χ0v) is 13.5. The van der Waals surface area contributed by atoms with Gasteiger partial charge >= 0.3 is 0 Å². The Bertz CT molecular complexity index is 960. The average Bonchev–Trinajstić information content (AvgIpc) is 3.15. The minimum absolute atomic E-state index is 0.0338. The first-order chi connectivity index (χ1) is 12.1. The molecule has 124 valence electrons. The predicted molar refractivity (Wildman–Crippen MR) is 94.8 cm³/mol. The van der Waals surface area contributed by atoms with Crippen LogP contribution >= 0.6 is 0 Å². The summed E-state index contributed by atoms with van der Waals surface area (Å²) < 4.78 is 1.62. The molecule has 2 aromatic carbocycles. The fourth-order valence-corrected chi connectivity index (χ4v) is 2.48. The van der Waals surface area contributed by atoms with E-state index in [0.717, 1.165) is 0 Å². The summed E-state index contributed by atoms with van der Waals surface area (Å²) in [5.41, 5.74) is 2.40. The van der Waals surface area contributed by atoms with E-state index in [1.807, 2.05) is 12.1 Å². The standard InChI is InChI=1S/C19H15N3O3/c1-14-7-8-15(13-18(14)22(24)25)9-10-19(23)16-5-2-3-6-17(16)21-12-4-11-20-21/h2-13H,1H3. The van der Waals surface area contributed by atoms with Gasteiger partial charge in [-0.05, 0) is 36.8 Å². The van der Waals surface area contributed by atoms with Crippen LogP contribution in [0.2, 0.25) is 0 Å². The number of ketones is 1. The number of allylic oxidation sites excluding steroid dienone is 1. The van der Waals surface area contributed by atoms with Crippen LogP contribution in [0.15, 0.2) is 67.0 Å². The molecule has 3 rings (SSSR count). The van der Waals surface area contributed by atoms with Crippen LogP contribution in [0, 0.1) is 17.0 Å². The van der Waals surface area contributed by atoms with E-state index in [4.69, 9.17) is 0 Å². The van der Waals surface area contributed by atoms with Crippen molar-refractivity contribution in [2.75, 3.05) is 0 Å². The molecule has 3 aromatic rings.